The van der Waals surface area contributed by atoms with Gasteiger partial charge in [0.05, 0.1) is 12.0 Å². The van der Waals surface area contributed by atoms with Gasteiger partial charge in [-0.1, -0.05) is 13.0 Å². The van der Waals surface area contributed by atoms with Gasteiger partial charge >= 0.3 is 6.36 Å². The molecule has 9 heteroatoms. The summed E-state index contributed by atoms with van der Waals surface area (Å²) in [4.78, 5) is 19.2. The van der Waals surface area contributed by atoms with Gasteiger partial charge in [-0.05, 0) is 54.4 Å². The number of nitriles is 1. The third kappa shape index (κ3) is 5.29. The molecule has 2 aromatic carbocycles. The van der Waals surface area contributed by atoms with Crippen LogP contribution in [0.1, 0.15) is 17.3 Å². The molecule has 0 unspecified atom stereocenters. The standard InChI is InChI=1S/C25H21F3N4O2/c1-16-14-32(15-19(16)12-29)23-9-4-17(11-22(23)18-3-2-10-30-13-18)24(33)31-20-5-7-21(8-6-20)34-25(26,27)28/h2-11,13,16,19H,14-15H2,1H3,(H,31,33)/t16-,19-/m0/s1. The molecule has 3 aromatic rings. The molecule has 2 heterocycles. The highest BCUT2D eigenvalue weighted by molar-refractivity contribution is 6.05. The van der Waals surface area contributed by atoms with E-state index in [0.717, 1.165) is 35.5 Å². The molecule has 1 saturated heterocycles. The zero-order valence-corrected chi connectivity index (χ0v) is 18.2. The number of carbonyl (C=O) groups is 1. The molecule has 0 saturated carbocycles. The topological polar surface area (TPSA) is 78.2 Å². The summed E-state index contributed by atoms with van der Waals surface area (Å²) in [6.45, 7) is 3.37. The number of aromatic nitrogens is 1. The minimum absolute atomic E-state index is 0.0750. The molecule has 4 rings (SSSR count). The first-order valence-corrected chi connectivity index (χ1v) is 10.6. The molecule has 1 amide bonds. The molecule has 0 bridgehead atoms. The molecule has 34 heavy (non-hydrogen) atoms. The predicted octanol–water partition coefficient (Wildman–Crippen LogP) is 5.50. The van der Waals surface area contributed by atoms with Crippen molar-refractivity contribution in [2.24, 2.45) is 11.8 Å². The first-order chi connectivity index (χ1) is 16.2. The third-order valence-electron chi connectivity index (χ3n) is 5.70. The van der Waals surface area contributed by atoms with Crippen molar-refractivity contribution in [3.05, 3.63) is 72.6 Å². The Balaban J connectivity index is 1.59. The van der Waals surface area contributed by atoms with Crippen molar-refractivity contribution in [1.82, 2.24) is 4.98 Å². The summed E-state index contributed by atoms with van der Waals surface area (Å²) in [6, 6.07) is 16.3. The van der Waals surface area contributed by atoms with Crippen LogP contribution in [0, 0.1) is 23.2 Å². The Bertz CT molecular complexity index is 1210. The van der Waals surface area contributed by atoms with Crippen molar-refractivity contribution in [2.75, 3.05) is 23.3 Å². The average Bonchev–Trinajstić information content (AvgIpc) is 3.20. The van der Waals surface area contributed by atoms with Crippen LogP contribution >= 0.6 is 0 Å². The molecule has 1 aliphatic heterocycles. The van der Waals surface area contributed by atoms with Crippen LogP contribution in [-0.2, 0) is 0 Å². The number of nitrogens with zero attached hydrogens (tertiary/aromatic N) is 3. The van der Waals surface area contributed by atoms with Crippen LogP contribution in [0.2, 0.25) is 0 Å². The molecule has 1 aromatic heterocycles. The van der Waals surface area contributed by atoms with Crippen molar-refractivity contribution in [3.8, 4) is 22.9 Å². The lowest BCUT2D eigenvalue weighted by Crippen LogP contribution is -2.21. The van der Waals surface area contributed by atoms with E-state index in [2.05, 4.69) is 26.0 Å². The molecule has 174 valence electrons. The second kappa shape index (κ2) is 9.43. The number of hydrogen-bond acceptors (Lipinski definition) is 5. The maximum atomic E-state index is 12.9. The third-order valence-corrected chi connectivity index (χ3v) is 5.70. The zero-order valence-electron chi connectivity index (χ0n) is 18.2. The number of halogens is 3. The van der Waals surface area contributed by atoms with Gasteiger partial charge in [-0.3, -0.25) is 9.78 Å². The van der Waals surface area contributed by atoms with E-state index < -0.39 is 12.3 Å². The van der Waals surface area contributed by atoms with Crippen molar-refractivity contribution in [3.63, 3.8) is 0 Å². The van der Waals surface area contributed by atoms with E-state index in [9.17, 15) is 23.2 Å². The van der Waals surface area contributed by atoms with Gasteiger partial charge in [0, 0.05) is 53.5 Å². The van der Waals surface area contributed by atoms with Crippen molar-refractivity contribution in [1.29, 1.82) is 5.26 Å². The maximum absolute atomic E-state index is 12.9. The number of nitrogens with one attached hydrogen (secondary N) is 1. The molecular weight excluding hydrogens is 445 g/mol. The minimum atomic E-state index is -4.78. The van der Waals surface area contributed by atoms with E-state index in [1.54, 1.807) is 30.6 Å². The predicted molar refractivity (Wildman–Crippen MR) is 121 cm³/mol. The molecule has 1 N–H and O–H groups in total. The van der Waals surface area contributed by atoms with Crippen LogP contribution < -0.4 is 15.0 Å². The summed E-state index contributed by atoms with van der Waals surface area (Å²) in [7, 11) is 0. The summed E-state index contributed by atoms with van der Waals surface area (Å²) in [5.74, 6) is -0.636. The highest BCUT2D eigenvalue weighted by Gasteiger charge is 2.32. The smallest absolute Gasteiger partial charge is 0.406 e. The molecule has 6 nitrogen and oxygen atoms in total. The number of amides is 1. The average molecular weight is 466 g/mol. The Morgan fingerprint density at radius 3 is 2.56 bits per heavy atom. The van der Waals surface area contributed by atoms with Gasteiger partial charge in [0.15, 0.2) is 0 Å². The van der Waals surface area contributed by atoms with Crippen LogP contribution in [0.4, 0.5) is 24.5 Å². The maximum Gasteiger partial charge on any atom is 0.573 e. The van der Waals surface area contributed by atoms with Crippen LogP contribution in [-0.4, -0.2) is 30.3 Å². The summed E-state index contributed by atoms with van der Waals surface area (Å²) in [5, 5.41) is 12.1. The molecule has 0 spiro atoms. The second-order valence-corrected chi connectivity index (χ2v) is 8.12. The van der Waals surface area contributed by atoms with Gasteiger partial charge < -0.3 is 15.0 Å². The van der Waals surface area contributed by atoms with Gasteiger partial charge in [0.25, 0.3) is 5.91 Å². The van der Waals surface area contributed by atoms with Gasteiger partial charge in [0.2, 0.25) is 0 Å². The molecule has 0 aliphatic carbocycles. The van der Waals surface area contributed by atoms with Crippen molar-refractivity contribution >= 4 is 17.3 Å². The summed E-state index contributed by atoms with van der Waals surface area (Å²) in [6.07, 6.45) is -1.41. The summed E-state index contributed by atoms with van der Waals surface area (Å²) in [5.41, 5.74) is 3.25. The SMILES string of the molecule is C[C@H]1CN(c2ccc(C(=O)Nc3ccc(OC(F)(F)F)cc3)cc2-c2cccnc2)C[C@@H]1C#N. The van der Waals surface area contributed by atoms with E-state index in [-0.39, 0.29) is 17.6 Å². The largest absolute Gasteiger partial charge is 0.573 e. The Labute approximate surface area is 194 Å². The Hall–Kier alpha value is -4.06. The number of rotatable bonds is 5. The van der Waals surface area contributed by atoms with Gasteiger partial charge in [-0.25, -0.2) is 0 Å². The van der Waals surface area contributed by atoms with Gasteiger partial charge in [0.1, 0.15) is 5.75 Å². The van der Waals surface area contributed by atoms with E-state index in [1.165, 1.54) is 12.1 Å². The number of alkyl halides is 3. The van der Waals surface area contributed by atoms with E-state index in [1.807, 2.05) is 19.1 Å². The minimum Gasteiger partial charge on any atom is -0.406 e. The number of ether oxygens (including phenoxy) is 1. The lowest BCUT2D eigenvalue weighted by molar-refractivity contribution is -0.274. The number of benzene rings is 2. The molecule has 2 atom stereocenters. The Morgan fingerprint density at radius 2 is 1.94 bits per heavy atom. The van der Waals surface area contributed by atoms with Gasteiger partial charge in [-0.15, -0.1) is 13.2 Å². The first-order valence-electron chi connectivity index (χ1n) is 10.6. The number of hydrogen-bond donors (Lipinski definition) is 1. The van der Waals surface area contributed by atoms with E-state index in [0.29, 0.717) is 17.8 Å². The van der Waals surface area contributed by atoms with E-state index >= 15 is 0 Å². The lowest BCUT2D eigenvalue weighted by Gasteiger charge is -2.22. The fourth-order valence-electron chi connectivity index (χ4n) is 3.98. The first kappa shape index (κ1) is 23.1. The fraction of sp³-hybridized carbons (Fsp3) is 0.240. The highest BCUT2D eigenvalue weighted by atomic mass is 19.4. The fourth-order valence-corrected chi connectivity index (χ4v) is 3.98. The Kier molecular flexibility index (Phi) is 6.41. The van der Waals surface area contributed by atoms with Crippen LogP contribution in [0.15, 0.2) is 67.0 Å². The van der Waals surface area contributed by atoms with E-state index in [4.69, 9.17) is 0 Å². The number of carbonyl (C=O) groups excluding carboxylic acids is 1. The quantitative estimate of drug-likeness (QED) is 0.538. The molecule has 1 fully saturated rings. The normalized spacial score (nSPS) is 17.8. The van der Waals surface area contributed by atoms with Gasteiger partial charge in [-0.2, -0.15) is 5.26 Å². The Morgan fingerprint density at radius 1 is 1.18 bits per heavy atom. The molecular formula is C25H21F3N4O2. The second-order valence-electron chi connectivity index (χ2n) is 8.12. The van der Waals surface area contributed by atoms with Crippen LogP contribution in [0.3, 0.4) is 0 Å². The number of anilines is 2. The summed E-state index contributed by atoms with van der Waals surface area (Å²) >= 11 is 0. The van der Waals surface area contributed by atoms with Crippen molar-refractivity contribution < 1.29 is 22.7 Å². The lowest BCUT2D eigenvalue weighted by atomic mass is 10.0. The molecule has 0 radical (unpaired) electrons. The van der Waals surface area contributed by atoms with Crippen LogP contribution in [0.5, 0.6) is 5.75 Å². The monoisotopic (exact) mass is 466 g/mol. The number of pyridine rings is 1. The highest BCUT2D eigenvalue weighted by Crippen LogP contribution is 2.36. The summed E-state index contributed by atoms with van der Waals surface area (Å²) < 4.78 is 40.9. The van der Waals surface area contributed by atoms with Crippen LogP contribution in [0.25, 0.3) is 11.1 Å². The molecule has 1 aliphatic rings. The zero-order chi connectivity index (χ0) is 24.3. The van der Waals surface area contributed by atoms with Crippen molar-refractivity contribution in [2.45, 2.75) is 13.3 Å².